The molecule has 1 aromatic rings. The Bertz CT molecular complexity index is 651. The molecule has 24 heavy (non-hydrogen) atoms. The molecule has 0 spiro atoms. The topological polar surface area (TPSA) is 64.4 Å². The summed E-state index contributed by atoms with van der Waals surface area (Å²) in [6, 6.07) is 1.46. The third-order valence-electron chi connectivity index (χ3n) is 4.72. The zero-order valence-corrected chi connectivity index (χ0v) is 15.2. The molecule has 1 atom stereocenters. The summed E-state index contributed by atoms with van der Waals surface area (Å²) in [5.74, 6) is -0.0427. The van der Waals surface area contributed by atoms with Crippen LogP contribution in [0.4, 0.5) is 0 Å². The Morgan fingerprint density at radius 2 is 1.92 bits per heavy atom. The quantitative estimate of drug-likeness (QED) is 0.777. The van der Waals surface area contributed by atoms with Crippen LogP contribution in [0, 0.1) is 0 Å². The standard InChI is InChI=1S/C18H27N3O3/c1-11(17(23)24-5)20(13-8-9-13)16(22)14-10-15(12-6-7-12)21(19-14)18(2,3)4/h10-13H,6-9H2,1-5H3. The van der Waals surface area contributed by atoms with Crippen LogP contribution in [-0.4, -0.2) is 45.8 Å². The number of amides is 1. The zero-order chi connectivity index (χ0) is 17.6. The Morgan fingerprint density at radius 1 is 1.29 bits per heavy atom. The largest absolute Gasteiger partial charge is 0.467 e. The van der Waals surface area contributed by atoms with Crippen molar-refractivity contribution < 1.29 is 14.3 Å². The lowest BCUT2D eigenvalue weighted by molar-refractivity contribution is -0.145. The van der Waals surface area contributed by atoms with Gasteiger partial charge in [0.05, 0.1) is 12.6 Å². The van der Waals surface area contributed by atoms with E-state index >= 15 is 0 Å². The fraction of sp³-hybridized carbons (Fsp3) is 0.722. The third kappa shape index (κ3) is 3.19. The lowest BCUT2D eigenvalue weighted by Crippen LogP contribution is -2.45. The first-order valence-electron chi connectivity index (χ1n) is 8.75. The molecular formula is C18H27N3O3. The second-order valence-corrected chi connectivity index (χ2v) is 7.95. The Balaban J connectivity index is 1.92. The third-order valence-corrected chi connectivity index (χ3v) is 4.72. The molecule has 0 saturated heterocycles. The number of carbonyl (C=O) groups is 2. The van der Waals surface area contributed by atoms with Crippen LogP contribution < -0.4 is 0 Å². The van der Waals surface area contributed by atoms with Gasteiger partial charge in [-0.15, -0.1) is 0 Å². The van der Waals surface area contributed by atoms with Crippen molar-refractivity contribution in [2.75, 3.05) is 7.11 Å². The Kier molecular flexibility index (Phi) is 4.18. The molecular weight excluding hydrogens is 306 g/mol. The van der Waals surface area contributed by atoms with Gasteiger partial charge in [0.2, 0.25) is 0 Å². The molecule has 0 bridgehead atoms. The molecule has 2 aliphatic rings. The van der Waals surface area contributed by atoms with E-state index in [9.17, 15) is 9.59 Å². The number of nitrogens with zero attached hydrogens (tertiary/aromatic N) is 3. The van der Waals surface area contributed by atoms with E-state index in [1.54, 1.807) is 11.8 Å². The van der Waals surface area contributed by atoms with Crippen molar-refractivity contribution in [1.29, 1.82) is 0 Å². The summed E-state index contributed by atoms with van der Waals surface area (Å²) in [7, 11) is 1.36. The molecule has 6 heteroatoms. The zero-order valence-electron chi connectivity index (χ0n) is 15.2. The number of hydrogen-bond donors (Lipinski definition) is 0. The highest BCUT2D eigenvalue weighted by molar-refractivity contribution is 5.95. The van der Waals surface area contributed by atoms with Gasteiger partial charge in [-0.05, 0) is 59.4 Å². The number of hydrogen-bond acceptors (Lipinski definition) is 4. The minimum Gasteiger partial charge on any atom is -0.467 e. The second-order valence-electron chi connectivity index (χ2n) is 7.95. The first-order chi connectivity index (χ1) is 11.2. The van der Waals surface area contributed by atoms with Gasteiger partial charge >= 0.3 is 5.97 Å². The molecule has 3 rings (SSSR count). The van der Waals surface area contributed by atoms with Crippen LogP contribution in [0.1, 0.15) is 75.5 Å². The molecule has 2 fully saturated rings. The fourth-order valence-corrected chi connectivity index (χ4v) is 3.13. The number of esters is 1. The molecule has 2 aliphatic carbocycles. The summed E-state index contributed by atoms with van der Waals surface area (Å²) in [4.78, 5) is 26.6. The van der Waals surface area contributed by atoms with Crippen LogP contribution >= 0.6 is 0 Å². The van der Waals surface area contributed by atoms with Gasteiger partial charge in [-0.1, -0.05) is 0 Å². The summed E-state index contributed by atoms with van der Waals surface area (Å²) >= 11 is 0. The molecule has 0 radical (unpaired) electrons. The van der Waals surface area contributed by atoms with Crippen molar-refractivity contribution in [3.63, 3.8) is 0 Å². The lowest BCUT2D eigenvalue weighted by Gasteiger charge is -2.26. The molecule has 1 unspecified atom stereocenters. The van der Waals surface area contributed by atoms with E-state index in [4.69, 9.17) is 4.74 Å². The molecule has 6 nitrogen and oxygen atoms in total. The number of rotatable bonds is 5. The summed E-state index contributed by atoms with van der Waals surface area (Å²) in [5.41, 5.74) is 1.40. The average molecular weight is 333 g/mol. The molecule has 132 valence electrons. The molecule has 1 heterocycles. The highest BCUT2D eigenvalue weighted by Gasteiger charge is 2.41. The monoisotopic (exact) mass is 333 g/mol. The van der Waals surface area contributed by atoms with Gasteiger partial charge in [0.25, 0.3) is 5.91 Å². The van der Waals surface area contributed by atoms with Crippen molar-refractivity contribution in [2.24, 2.45) is 0 Å². The number of aromatic nitrogens is 2. The summed E-state index contributed by atoms with van der Waals surface area (Å²) in [6.07, 6.45) is 4.17. The van der Waals surface area contributed by atoms with Gasteiger partial charge in [0.1, 0.15) is 6.04 Å². The smallest absolute Gasteiger partial charge is 0.328 e. The van der Waals surface area contributed by atoms with Gasteiger partial charge < -0.3 is 9.64 Å². The Morgan fingerprint density at radius 3 is 2.38 bits per heavy atom. The number of methoxy groups -OCH3 is 1. The van der Waals surface area contributed by atoms with Crippen LogP contribution in [0.25, 0.3) is 0 Å². The van der Waals surface area contributed by atoms with Gasteiger partial charge in [0.15, 0.2) is 5.69 Å². The number of carbonyl (C=O) groups excluding carboxylic acids is 2. The van der Waals surface area contributed by atoms with Crippen molar-refractivity contribution in [3.8, 4) is 0 Å². The van der Waals surface area contributed by atoms with E-state index in [-0.39, 0.29) is 23.5 Å². The van der Waals surface area contributed by atoms with Crippen molar-refractivity contribution >= 4 is 11.9 Å². The maximum atomic E-state index is 13.1. The van der Waals surface area contributed by atoms with E-state index < -0.39 is 6.04 Å². The van der Waals surface area contributed by atoms with Crippen molar-refractivity contribution in [2.45, 2.75) is 76.9 Å². The van der Waals surface area contributed by atoms with Gasteiger partial charge in [-0.3, -0.25) is 9.48 Å². The van der Waals surface area contributed by atoms with Crippen LogP contribution in [0.2, 0.25) is 0 Å². The second kappa shape index (κ2) is 5.90. The Labute approximate surface area is 143 Å². The Hall–Kier alpha value is -1.85. The van der Waals surface area contributed by atoms with Crippen molar-refractivity contribution in [1.82, 2.24) is 14.7 Å². The lowest BCUT2D eigenvalue weighted by atomic mass is 10.1. The molecule has 1 aromatic heterocycles. The van der Waals surface area contributed by atoms with Crippen LogP contribution in [-0.2, 0) is 15.1 Å². The van der Waals surface area contributed by atoms with E-state index in [0.29, 0.717) is 11.6 Å². The number of ether oxygens (including phenoxy) is 1. The first kappa shape index (κ1) is 17.0. The maximum absolute atomic E-state index is 13.1. The first-order valence-corrected chi connectivity index (χ1v) is 8.75. The molecule has 0 N–H and O–H groups in total. The highest BCUT2D eigenvalue weighted by Crippen LogP contribution is 2.42. The van der Waals surface area contributed by atoms with Crippen LogP contribution in [0.3, 0.4) is 0 Å². The summed E-state index contributed by atoms with van der Waals surface area (Å²) in [5, 5.41) is 4.61. The van der Waals surface area contributed by atoms with E-state index in [1.807, 2.05) is 10.7 Å². The molecule has 2 saturated carbocycles. The predicted molar refractivity (Wildman–Crippen MR) is 89.9 cm³/mol. The van der Waals surface area contributed by atoms with Gasteiger partial charge in [-0.25, -0.2) is 4.79 Å². The van der Waals surface area contributed by atoms with E-state index in [0.717, 1.165) is 31.4 Å². The molecule has 0 aliphatic heterocycles. The minimum absolute atomic E-state index is 0.121. The van der Waals surface area contributed by atoms with Crippen LogP contribution in [0.5, 0.6) is 0 Å². The summed E-state index contributed by atoms with van der Waals surface area (Å²) in [6.45, 7) is 8.01. The molecule has 1 amide bonds. The summed E-state index contributed by atoms with van der Waals surface area (Å²) < 4.78 is 6.81. The minimum atomic E-state index is -0.584. The van der Waals surface area contributed by atoms with Crippen molar-refractivity contribution in [3.05, 3.63) is 17.5 Å². The normalized spacial score (nSPS) is 19.0. The van der Waals surface area contributed by atoms with Crippen LogP contribution in [0.15, 0.2) is 6.07 Å². The fourth-order valence-electron chi connectivity index (χ4n) is 3.13. The maximum Gasteiger partial charge on any atom is 0.328 e. The van der Waals surface area contributed by atoms with E-state index in [1.165, 1.54) is 7.11 Å². The predicted octanol–water partition coefficient (Wildman–Crippen LogP) is 2.68. The average Bonchev–Trinajstić information content (AvgIpc) is 3.44. The van der Waals surface area contributed by atoms with Gasteiger partial charge in [0, 0.05) is 17.7 Å². The van der Waals surface area contributed by atoms with Gasteiger partial charge in [-0.2, -0.15) is 5.10 Å². The SMILES string of the molecule is COC(=O)C(C)N(C(=O)c1cc(C2CC2)n(C(C)(C)C)n1)C1CC1. The highest BCUT2D eigenvalue weighted by atomic mass is 16.5. The van der Waals surface area contributed by atoms with E-state index in [2.05, 4.69) is 25.9 Å². The molecule has 0 aromatic carbocycles.